The highest BCUT2D eigenvalue weighted by Gasteiger charge is 2.10. The molecule has 0 aliphatic heterocycles. The number of halogens is 1. The number of hydrogen-bond donors (Lipinski definition) is 0. The van der Waals surface area contributed by atoms with E-state index in [-0.39, 0.29) is 0 Å². The highest BCUT2D eigenvalue weighted by molar-refractivity contribution is 9.10. The maximum Gasteiger partial charge on any atom is 0.133 e. The summed E-state index contributed by atoms with van der Waals surface area (Å²) in [5.74, 6) is 0.871. The van der Waals surface area contributed by atoms with Gasteiger partial charge in [0.1, 0.15) is 5.76 Å². The summed E-state index contributed by atoms with van der Waals surface area (Å²) in [6, 6.07) is 12.1. The zero-order chi connectivity index (χ0) is 12.5. The normalized spacial score (nSPS) is 10.8. The maximum atomic E-state index is 5.42. The molecule has 3 aromatic rings. The molecule has 3 nitrogen and oxygen atoms in total. The van der Waals surface area contributed by atoms with Gasteiger partial charge in [-0.1, -0.05) is 18.2 Å². The average Bonchev–Trinajstić information content (AvgIpc) is 3.00. The van der Waals surface area contributed by atoms with Crippen molar-refractivity contribution >= 4 is 15.9 Å². The maximum absolute atomic E-state index is 5.42. The second-order valence-corrected chi connectivity index (χ2v) is 4.88. The number of aromatic nitrogens is 2. The first kappa shape index (κ1) is 11.3. The topological polar surface area (TPSA) is 31.0 Å². The van der Waals surface area contributed by atoms with Gasteiger partial charge >= 0.3 is 0 Å². The van der Waals surface area contributed by atoms with Crippen molar-refractivity contribution in [2.75, 3.05) is 0 Å². The molecule has 0 atom stereocenters. The zero-order valence-corrected chi connectivity index (χ0v) is 11.4. The fourth-order valence-corrected chi connectivity index (χ4v) is 2.58. The Hall–Kier alpha value is -1.81. The Labute approximate surface area is 113 Å². The second-order valence-electron chi connectivity index (χ2n) is 4.02. The Balaban J connectivity index is 2.12. The van der Waals surface area contributed by atoms with Gasteiger partial charge in [-0.25, -0.2) is 0 Å². The Morgan fingerprint density at radius 3 is 2.67 bits per heavy atom. The summed E-state index contributed by atoms with van der Waals surface area (Å²) < 4.78 is 8.26. The van der Waals surface area contributed by atoms with Crippen LogP contribution in [-0.2, 0) is 7.05 Å². The van der Waals surface area contributed by atoms with Gasteiger partial charge in [0.15, 0.2) is 0 Å². The highest BCUT2D eigenvalue weighted by Crippen LogP contribution is 2.30. The van der Waals surface area contributed by atoms with E-state index in [9.17, 15) is 0 Å². The van der Waals surface area contributed by atoms with E-state index in [1.807, 2.05) is 36.0 Å². The van der Waals surface area contributed by atoms with E-state index in [4.69, 9.17) is 4.42 Å². The molecule has 0 bridgehead atoms. The predicted molar refractivity (Wildman–Crippen MR) is 74.0 cm³/mol. The third-order valence-electron chi connectivity index (χ3n) is 2.84. The zero-order valence-electron chi connectivity index (χ0n) is 9.80. The van der Waals surface area contributed by atoms with Crippen molar-refractivity contribution in [1.29, 1.82) is 0 Å². The third-order valence-corrected chi connectivity index (χ3v) is 3.42. The van der Waals surface area contributed by atoms with Gasteiger partial charge < -0.3 is 4.42 Å². The van der Waals surface area contributed by atoms with Gasteiger partial charge in [0.25, 0.3) is 0 Å². The Bertz CT molecular complexity index is 651. The molecule has 0 amide bonds. The smallest absolute Gasteiger partial charge is 0.133 e. The van der Waals surface area contributed by atoms with Crippen molar-refractivity contribution in [1.82, 2.24) is 9.78 Å². The van der Waals surface area contributed by atoms with E-state index in [0.29, 0.717) is 0 Å². The molecule has 4 heteroatoms. The molecule has 18 heavy (non-hydrogen) atoms. The van der Waals surface area contributed by atoms with Crippen LogP contribution in [0.5, 0.6) is 0 Å². The van der Waals surface area contributed by atoms with Crippen LogP contribution in [0.15, 0.2) is 57.7 Å². The first-order valence-corrected chi connectivity index (χ1v) is 6.37. The lowest BCUT2D eigenvalue weighted by Gasteiger charge is -2.05. The second kappa shape index (κ2) is 4.46. The van der Waals surface area contributed by atoms with E-state index in [0.717, 1.165) is 27.1 Å². The number of aryl methyl sites for hydroxylation is 1. The van der Waals surface area contributed by atoms with Gasteiger partial charge in [-0.05, 0) is 34.1 Å². The molecule has 2 aromatic heterocycles. The van der Waals surface area contributed by atoms with Gasteiger partial charge in [0.2, 0.25) is 0 Å². The molecule has 0 saturated carbocycles. The summed E-state index contributed by atoms with van der Waals surface area (Å²) in [4.78, 5) is 0. The fraction of sp³-hybridized carbons (Fsp3) is 0.0714. The number of benzene rings is 1. The SMILES string of the molecule is Cn1ncc(Br)c1-c1cccc(-c2ccco2)c1. The summed E-state index contributed by atoms with van der Waals surface area (Å²) in [5, 5.41) is 4.23. The van der Waals surface area contributed by atoms with E-state index >= 15 is 0 Å². The first-order chi connectivity index (χ1) is 8.75. The molecule has 0 aliphatic rings. The minimum absolute atomic E-state index is 0.871. The summed E-state index contributed by atoms with van der Waals surface area (Å²) in [6.07, 6.45) is 3.48. The molecule has 0 spiro atoms. The number of furan rings is 1. The van der Waals surface area contributed by atoms with Crippen molar-refractivity contribution in [2.24, 2.45) is 7.05 Å². The van der Waals surface area contributed by atoms with Crippen LogP contribution in [0.3, 0.4) is 0 Å². The van der Waals surface area contributed by atoms with Gasteiger partial charge in [-0.2, -0.15) is 5.10 Å². The minimum Gasteiger partial charge on any atom is -0.464 e. The lowest BCUT2D eigenvalue weighted by Crippen LogP contribution is -1.93. The van der Waals surface area contributed by atoms with Crippen molar-refractivity contribution in [2.45, 2.75) is 0 Å². The molecular formula is C14H11BrN2O. The molecule has 0 unspecified atom stereocenters. The monoisotopic (exact) mass is 302 g/mol. The van der Waals surface area contributed by atoms with Gasteiger partial charge in [0.05, 0.1) is 22.6 Å². The van der Waals surface area contributed by atoms with Crippen molar-refractivity contribution in [3.63, 3.8) is 0 Å². The quantitative estimate of drug-likeness (QED) is 0.713. The van der Waals surface area contributed by atoms with E-state index in [2.05, 4.69) is 33.2 Å². The van der Waals surface area contributed by atoms with Gasteiger partial charge in [0, 0.05) is 18.2 Å². The van der Waals surface area contributed by atoms with Gasteiger partial charge in [-0.15, -0.1) is 0 Å². The molecule has 1 aromatic carbocycles. The van der Waals surface area contributed by atoms with Crippen LogP contribution < -0.4 is 0 Å². The summed E-state index contributed by atoms with van der Waals surface area (Å²) in [7, 11) is 1.93. The summed E-state index contributed by atoms with van der Waals surface area (Å²) in [5.41, 5.74) is 3.23. The summed E-state index contributed by atoms with van der Waals surface area (Å²) >= 11 is 3.52. The average molecular weight is 303 g/mol. The van der Waals surface area contributed by atoms with E-state index < -0.39 is 0 Å². The molecular weight excluding hydrogens is 292 g/mol. The molecule has 0 fully saturated rings. The predicted octanol–water partition coefficient (Wildman–Crippen LogP) is 4.11. The summed E-state index contributed by atoms with van der Waals surface area (Å²) in [6.45, 7) is 0. The van der Waals surface area contributed by atoms with Crippen LogP contribution in [-0.4, -0.2) is 9.78 Å². The van der Waals surface area contributed by atoms with Gasteiger partial charge in [-0.3, -0.25) is 4.68 Å². The van der Waals surface area contributed by atoms with Crippen LogP contribution in [0.25, 0.3) is 22.6 Å². The fourth-order valence-electron chi connectivity index (χ4n) is 2.00. The lowest BCUT2D eigenvalue weighted by atomic mass is 10.1. The minimum atomic E-state index is 0.871. The number of rotatable bonds is 2. The van der Waals surface area contributed by atoms with E-state index in [1.54, 1.807) is 12.5 Å². The number of nitrogens with zero attached hydrogens (tertiary/aromatic N) is 2. The largest absolute Gasteiger partial charge is 0.464 e. The van der Waals surface area contributed by atoms with Crippen molar-refractivity contribution in [3.8, 4) is 22.6 Å². The molecule has 0 radical (unpaired) electrons. The van der Waals surface area contributed by atoms with Crippen LogP contribution in [0, 0.1) is 0 Å². The van der Waals surface area contributed by atoms with Crippen molar-refractivity contribution < 1.29 is 4.42 Å². The van der Waals surface area contributed by atoms with E-state index in [1.165, 1.54) is 0 Å². The number of hydrogen-bond acceptors (Lipinski definition) is 2. The molecule has 0 saturated heterocycles. The Kier molecular flexibility index (Phi) is 2.80. The Morgan fingerprint density at radius 2 is 2.00 bits per heavy atom. The molecule has 90 valence electrons. The lowest BCUT2D eigenvalue weighted by molar-refractivity contribution is 0.582. The molecule has 0 N–H and O–H groups in total. The van der Waals surface area contributed by atoms with Crippen LogP contribution in [0.2, 0.25) is 0 Å². The first-order valence-electron chi connectivity index (χ1n) is 5.57. The molecule has 2 heterocycles. The standard InChI is InChI=1S/C14H11BrN2O/c1-17-14(12(15)9-16-17)11-5-2-4-10(8-11)13-6-3-7-18-13/h2-9H,1H3. The molecule has 3 rings (SSSR count). The van der Waals surface area contributed by atoms with Crippen LogP contribution >= 0.6 is 15.9 Å². The van der Waals surface area contributed by atoms with Crippen LogP contribution in [0.1, 0.15) is 0 Å². The highest BCUT2D eigenvalue weighted by atomic mass is 79.9. The molecule has 0 aliphatic carbocycles. The van der Waals surface area contributed by atoms with Crippen LogP contribution in [0.4, 0.5) is 0 Å². The third kappa shape index (κ3) is 1.88. The van der Waals surface area contributed by atoms with Crippen molar-refractivity contribution in [3.05, 3.63) is 53.3 Å². The Morgan fingerprint density at radius 1 is 1.17 bits per heavy atom.